The van der Waals surface area contributed by atoms with Crippen molar-refractivity contribution in [3.05, 3.63) is 35.7 Å². The van der Waals surface area contributed by atoms with E-state index in [4.69, 9.17) is 133 Å². The Morgan fingerprint density at radius 2 is 0.693 bits per heavy atom. The summed E-state index contributed by atoms with van der Waals surface area (Å²) in [5.74, 6) is -7.40. The molecule has 140 heavy (non-hydrogen) atoms. The van der Waals surface area contributed by atoms with Gasteiger partial charge in [0.05, 0.1) is 243 Å². The fraction of sp³-hybridized carbons (Fsp3) is 0.805. The van der Waals surface area contributed by atoms with Crippen LogP contribution in [0, 0.1) is 0 Å². The van der Waals surface area contributed by atoms with E-state index in [1.807, 2.05) is 0 Å². The zero-order chi connectivity index (χ0) is 101. The van der Waals surface area contributed by atoms with Crippen molar-refractivity contribution in [2.24, 2.45) is 0 Å². The number of aliphatic hydroxyl groups is 1. The van der Waals surface area contributed by atoms with Crippen molar-refractivity contribution in [3.8, 4) is 0 Å². The van der Waals surface area contributed by atoms with Gasteiger partial charge in [-0.3, -0.25) is 52.7 Å². The Bertz CT molecular complexity index is 4110. The highest BCUT2D eigenvalue weighted by Gasteiger charge is 2.67. The monoisotopic (exact) mass is 2000 g/mol. The second-order valence-corrected chi connectivity index (χ2v) is 33.7. The van der Waals surface area contributed by atoms with Crippen LogP contribution >= 0.6 is 0 Å². The van der Waals surface area contributed by atoms with E-state index in [0.717, 1.165) is 6.42 Å². The molecule has 0 radical (unpaired) electrons. The smallest absolute Gasteiger partial charge is 0.303 e. The maximum absolute atomic E-state index is 14.2. The maximum Gasteiger partial charge on any atom is 0.303 e. The van der Waals surface area contributed by atoms with Crippen molar-refractivity contribution < 1.29 is 186 Å². The summed E-state index contributed by atoms with van der Waals surface area (Å²) in [7, 11) is 0. The van der Waals surface area contributed by atoms with Gasteiger partial charge in [-0.15, -0.1) is 15.3 Å². The molecule has 0 spiro atoms. The van der Waals surface area contributed by atoms with E-state index in [2.05, 4.69) is 57.5 Å². The van der Waals surface area contributed by atoms with Gasteiger partial charge in [0.25, 0.3) is 0 Å². The second kappa shape index (κ2) is 61.0. The standard InChI is InChI=1S/C87H138N14O39/c1-58(103)89-72-75(132-61(4)106)78(135-64(7)109)85(55-128-81(72)138-85)53-123-40-38-120-34-32-117-29-26-114-23-19-99-44-67(93-96-99)47-125-50-84(92-71(113)17-12-10-14-18-88-70(112)16-13-11-15-22-102,52-127-49-69-46-101(98-95-69)21-25-116-28-31-119-36-37-122-42-43-131-87-57-130-83(140-87)74(91-60(3)105)77(134-63(6)108)80(87)137-66(9)111)51-126-48-68-45-100(97-94-68)20-24-115-27-30-118-33-35-121-39-41-124-54-86-56-129-82(139-86)73(90-59(2)104)76(133-62(5)107)79(86)136-65(8)110/h44-46,72-83,102H,10-43,47-57H2,1-9H3,(H,88,112)(H,89,103)(H,90,104)(H,91,105)(H,92,113)/t72-,73-,74-,75-,76-,77-,78-,79-,80-,81-,82+,83+,84?,85+,86+,87+/m1/s1. The molecule has 5 amide bonds. The van der Waals surface area contributed by atoms with E-state index in [9.17, 15) is 52.7 Å². The molecule has 1 unspecified atom stereocenters. The highest BCUT2D eigenvalue weighted by atomic mass is 16.8. The van der Waals surface area contributed by atoms with E-state index < -0.39 is 150 Å². The molecule has 53 heteroatoms. The number of carbonyl (C=O) groups excluding carboxylic acids is 11. The minimum atomic E-state index is -1.65. The van der Waals surface area contributed by atoms with Gasteiger partial charge in [-0.1, -0.05) is 28.5 Å². The van der Waals surface area contributed by atoms with E-state index in [-0.39, 0.29) is 236 Å². The summed E-state index contributed by atoms with van der Waals surface area (Å²) < 4.78 is 163. The number of rotatable bonds is 74. The minimum absolute atomic E-state index is 0.0395. The average molecular weight is 2000 g/mol. The molecule has 0 aliphatic carbocycles. The van der Waals surface area contributed by atoms with Crippen LogP contribution in [0.15, 0.2) is 18.6 Å². The number of nitrogens with one attached hydrogen (secondary N) is 5. The van der Waals surface area contributed by atoms with Gasteiger partial charge in [-0.25, -0.2) is 14.0 Å². The van der Waals surface area contributed by atoms with Crippen LogP contribution in [0.25, 0.3) is 0 Å². The van der Waals surface area contributed by atoms with E-state index in [1.54, 1.807) is 32.6 Å². The van der Waals surface area contributed by atoms with Crippen LogP contribution in [-0.2, 0) is 220 Å². The lowest BCUT2D eigenvalue weighted by Crippen LogP contribution is -2.68. The number of aromatic nitrogens is 9. The Morgan fingerprint density at radius 3 is 1.06 bits per heavy atom. The third-order valence-electron chi connectivity index (χ3n) is 21.8. The van der Waals surface area contributed by atoms with Gasteiger partial charge in [0.1, 0.15) is 47.4 Å². The molecule has 53 nitrogen and oxygen atoms in total. The number of aliphatic hydroxyl groups excluding tert-OH is 1. The zero-order valence-corrected chi connectivity index (χ0v) is 81.0. The Balaban J connectivity index is 0.723. The molecule has 0 aromatic carbocycles. The largest absolute Gasteiger partial charge is 0.456 e. The Kier molecular flexibility index (Phi) is 49.8. The normalized spacial score (nSPS) is 24.2. The van der Waals surface area contributed by atoms with Crippen LogP contribution in [-0.4, -0.2) is 416 Å². The predicted octanol–water partition coefficient (Wildman–Crippen LogP) is -2.87. The first-order valence-corrected chi connectivity index (χ1v) is 46.8. The van der Waals surface area contributed by atoms with Crippen LogP contribution < -0.4 is 26.6 Å². The molecule has 9 rings (SSSR count). The number of esters is 6. The lowest BCUT2D eigenvalue weighted by molar-refractivity contribution is -0.323. The Hall–Kier alpha value is -9.29. The highest BCUT2D eigenvalue weighted by Crippen LogP contribution is 2.44. The Morgan fingerprint density at radius 1 is 0.371 bits per heavy atom. The average Bonchev–Trinajstić information content (AvgIpc) is 1.58. The number of carbonyl (C=O) groups is 11. The van der Waals surface area contributed by atoms with Crippen molar-refractivity contribution in [1.29, 1.82) is 0 Å². The molecule has 6 bridgehead atoms. The lowest BCUT2D eigenvalue weighted by Gasteiger charge is -2.45. The molecule has 3 aromatic heterocycles. The number of nitrogens with zero attached hydrogens (tertiary/aromatic N) is 9. The van der Waals surface area contributed by atoms with Crippen LogP contribution in [0.4, 0.5) is 0 Å². The van der Waals surface area contributed by atoms with Gasteiger partial charge < -0.3 is 160 Å². The highest BCUT2D eigenvalue weighted by molar-refractivity contribution is 5.78. The van der Waals surface area contributed by atoms with E-state index in [1.165, 1.54) is 62.3 Å². The van der Waals surface area contributed by atoms with E-state index in [0.29, 0.717) is 81.8 Å². The molecular formula is C87H138N14O39. The number of fused-ring (bicyclic) bond motifs is 6. The van der Waals surface area contributed by atoms with Crippen LogP contribution in [0.1, 0.15) is 131 Å². The SMILES string of the molecule is CC(=O)N[C@H]1[C@@H]2OC[C@](COCCOCCOCCOCCn3cc(COCC(COCc4cn(CCOCCOCCOCCOC[C@@]56CO[C@@H](O5)[C@H](NC(C)=O)[C@@H](OC(C)=O)[C@H]6OC(C)=O)nn4)(COCc4cn(CCOCCOCCOCCO[C@@]56CO[C@@H](O5)[C@H](NC(C)=O)[C@@H](OC(C)=O)[C@H]6OC(C)=O)nn4)NC(=O)CCCCCNC(=O)CCCCCO)nn3)(O2)[C@H](OC(C)=O)[C@@H]1OC(C)=O. The molecule has 16 atom stereocenters. The number of hydrogen-bond acceptors (Lipinski definition) is 45. The number of hydrogen-bond donors (Lipinski definition) is 6. The molecular weight excluding hydrogens is 1870 g/mol. The van der Waals surface area contributed by atoms with Crippen molar-refractivity contribution in [2.75, 3.05) is 205 Å². The molecule has 0 saturated carbocycles. The first kappa shape index (κ1) is 114. The first-order chi connectivity index (χ1) is 67.5. The summed E-state index contributed by atoms with van der Waals surface area (Å²) in [6, 6.07) is -2.88. The quantitative estimate of drug-likeness (QED) is 0.0188. The summed E-state index contributed by atoms with van der Waals surface area (Å²) in [5, 5.41) is 49.0. The van der Waals surface area contributed by atoms with Gasteiger partial charge in [-0.05, 0) is 25.7 Å². The molecule has 6 aliphatic heterocycles. The van der Waals surface area contributed by atoms with Crippen molar-refractivity contribution in [2.45, 2.75) is 249 Å². The fourth-order valence-corrected chi connectivity index (χ4v) is 15.8. The molecule has 3 aromatic rings. The van der Waals surface area contributed by atoms with Crippen LogP contribution in [0.5, 0.6) is 0 Å². The van der Waals surface area contributed by atoms with Crippen LogP contribution in [0.2, 0.25) is 0 Å². The molecule has 9 heterocycles. The molecule has 790 valence electrons. The minimum Gasteiger partial charge on any atom is -0.456 e. The summed E-state index contributed by atoms with van der Waals surface area (Å²) >= 11 is 0. The summed E-state index contributed by atoms with van der Waals surface area (Å²) in [5.41, 5.74) is -2.63. The molecule has 6 N–H and O–H groups in total. The zero-order valence-electron chi connectivity index (χ0n) is 81.0. The van der Waals surface area contributed by atoms with Gasteiger partial charge in [-0.2, -0.15) is 0 Å². The lowest BCUT2D eigenvalue weighted by atomic mass is 9.87. The van der Waals surface area contributed by atoms with Gasteiger partial charge in [0.15, 0.2) is 66.7 Å². The van der Waals surface area contributed by atoms with Crippen LogP contribution in [0.3, 0.4) is 0 Å². The topological polar surface area (TPSA) is 609 Å². The summed E-state index contributed by atoms with van der Waals surface area (Å²) in [4.78, 5) is 136. The van der Waals surface area contributed by atoms with Gasteiger partial charge in [0.2, 0.25) is 35.3 Å². The van der Waals surface area contributed by atoms with Crippen molar-refractivity contribution in [1.82, 2.24) is 71.6 Å². The second-order valence-electron chi connectivity index (χ2n) is 33.7. The van der Waals surface area contributed by atoms with Gasteiger partial charge in [0, 0.05) is 88.3 Å². The van der Waals surface area contributed by atoms with Crippen molar-refractivity contribution in [3.63, 3.8) is 0 Å². The third-order valence-corrected chi connectivity index (χ3v) is 21.8. The fourth-order valence-electron chi connectivity index (χ4n) is 15.8. The number of amides is 5. The van der Waals surface area contributed by atoms with Gasteiger partial charge >= 0.3 is 35.8 Å². The number of ether oxygens (including phenoxy) is 27. The molecule has 6 aliphatic rings. The first-order valence-electron chi connectivity index (χ1n) is 46.8. The van der Waals surface area contributed by atoms with Crippen molar-refractivity contribution >= 4 is 65.4 Å². The van der Waals surface area contributed by atoms with E-state index >= 15 is 0 Å². The Labute approximate surface area is 809 Å². The maximum atomic E-state index is 14.2. The molecule has 6 saturated heterocycles. The predicted molar refractivity (Wildman–Crippen MR) is 469 cm³/mol. The molecule has 6 fully saturated rings. The summed E-state index contributed by atoms with van der Waals surface area (Å²) in [6.45, 7) is 15.7. The number of unbranched alkanes of at least 4 members (excludes halogenated alkanes) is 4. The third kappa shape index (κ3) is 39.1. The summed E-state index contributed by atoms with van der Waals surface area (Å²) in [6.07, 6.45) is -0.708.